The smallest absolute Gasteiger partial charge is 0.293 e. The molecule has 1 fully saturated rings. The van der Waals surface area contributed by atoms with Gasteiger partial charge in [-0.2, -0.15) is 0 Å². The van der Waals surface area contributed by atoms with Gasteiger partial charge < -0.3 is 19.7 Å². The van der Waals surface area contributed by atoms with Crippen LogP contribution in [0.3, 0.4) is 0 Å². The summed E-state index contributed by atoms with van der Waals surface area (Å²) < 4.78 is 10.5. The highest BCUT2D eigenvalue weighted by molar-refractivity contribution is 8.18. The maximum Gasteiger partial charge on any atom is 0.293 e. The minimum absolute atomic E-state index is 0.117. The quantitative estimate of drug-likeness (QED) is 0.559. The van der Waals surface area contributed by atoms with Crippen LogP contribution in [0.1, 0.15) is 24.5 Å². The van der Waals surface area contributed by atoms with Crippen LogP contribution in [-0.4, -0.2) is 61.8 Å². The summed E-state index contributed by atoms with van der Waals surface area (Å²) in [5.74, 6) is 0.605. The summed E-state index contributed by atoms with van der Waals surface area (Å²) in [7, 11) is 3.09. The van der Waals surface area contributed by atoms with E-state index in [1.54, 1.807) is 31.4 Å². The zero-order chi connectivity index (χ0) is 24.9. The van der Waals surface area contributed by atoms with E-state index in [1.165, 1.54) is 12.7 Å². The predicted molar refractivity (Wildman–Crippen MR) is 137 cm³/mol. The second-order valence-corrected chi connectivity index (χ2v) is 9.44. The Morgan fingerprint density at radius 1 is 1.14 bits per heavy atom. The van der Waals surface area contributed by atoms with Crippen molar-refractivity contribution in [2.24, 2.45) is 0 Å². The van der Waals surface area contributed by atoms with Crippen molar-refractivity contribution in [1.29, 1.82) is 0 Å². The normalized spacial score (nSPS) is 18.6. The van der Waals surface area contributed by atoms with Crippen LogP contribution >= 0.6 is 11.8 Å². The van der Waals surface area contributed by atoms with Gasteiger partial charge in [0, 0.05) is 24.8 Å². The summed E-state index contributed by atoms with van der Waals surface area (Å²) in [5, 5.41) is 2.50. The number of methoxy groups -OCH3 is 2. The van der Waals surface area contributed by atoms with Gasteiger partial charge in [0.2, 0.25) is 5.91 Å². The molecule has 3 amide bonds. The first kappa shape index (κ1) is 24.7. The van der Waals surface area contributed by atoms with Crippen LogP contribution in [0.15, 0.2) is 47.4 Å². The maximum absolute atomic E-state index is 12.8. The number of ether oxygens (including phenoxy) is 2. The average molecular weight is 496 g/mol. The van der Waals surface area contributed by atoms with Crippen LogP contribution in [0.5, 0.6) is 11.5 Å². The summed E-state index contributed by atoms with van der Waals surface area (Å²) in [4.78, 5) is 41.5. The Morgan fingerprint density at radius 3 is 2.69 bits per heavy atom. The van der Waals surface area contributed by atoms with Crippen LogP contribution in [0.2, 0.25) is 0 Å². The fraction of sp³-hybridized carbons (Fsp3) is 0.346. The lowest BCUT2D eigenvalue weighted by molar-refractivity contribution is -0.124. The highest BCUT2D eigenvalue weighted by Crippen LogP contribution is 2.34. The lowest BCUT2D eigenvalue weighted by Gasteiger charge is -2.36. The molecule has 1 atom stereocenters. The van der Waals surface area contributed by atoms with Crippen molar-refractivity contribution < 1.29 is 23.9 Å². The van der Waals surface area contributed by atoms with Crippen molar-refractivity contribution in [1.82, 2.24) is 10.2 Å². The number of aryl methyl sites for hydroxylation is 1. The van der Waals surface area contributed by atoms with E-state index in [0.717, 1.165) is 40.8 Å². The number of imide groups is 1. The van der Waals surface area contributed by atoms with Gasteiger partial charge in [-0.25, -0.2) is 0 Å². The molecule has 0 saturated carbocycles. The highest BCUT2D eigenvalue weighted by atomic mass is 32.2. The van der Waals surface area contributed by atoms with Crippen molar-refractivity contribution >= 4 is 40.6 Å². The number of carbonyl (C=O) groups excluding carboxylic acids is 3. The van der Waals surface area contributed by atoms with Gasteiger partial charge in [-0.05, 0) is 66.9 Å². The van der Waals surface area contributed by atoms with E-state index in [2.05, 4.69) is 23.2 Å². The zero-order valence-corrected chi connectivity index (χ0v) is 20.9. The number of anilines is 1. The first-order valence-electron chi connectivity index (χ1n) is 11.5. The summed E-state index contributed by atoms with van der Waals surface area (Å²) in [6.07, 6.45) is 3.65. The molecule has 9 heteroatoms. The Kier molecular flexibility index (Phi) is 7.65. The van der Waals surface area contributed by atoms with Gasteiger partial charge in [-0.3, -0.25) is 19.3 Å². The number of rotatable bonds is 8. The minimum Gasteiger partial charge on any atom is -0.493 e. The first-order chi connectivity index (χ1) is 16.9. The van der Waals surface area contributed by atoms with Crippen molar-refractivity contribution in [2.75, 3.05) is 38.8 Å². The van der Waals surface area contributed by atoms with Crippen LogP contribution in [-0.2, 0) is 16.0 Å². The third-order valence-electron chi connectivity index (χ3n) is 6.22. The van der Waals surface area contributed by atoms with Gasteiger partial charge in [0.15, 0.2) is 11.5 Å². The number of carbonyl (C=O) groups is 3. The lowest BCUT2D eigenvalue weighted by atomic mass is 9.97. The van der Waals surface area contributed by atoms with E-state index < -0.39 is 0 Å². The Morgan fingerprint density at radius 2 is 1.91 bits per heavy atom. The van der Waals surface area contributed by atoms with Gasteiger partial charge in [0.1, 0.15) is 0 Å². The molecular weight excluding hydrogens is 466 g/mol. The molecule has 0 aliphatic carbocycles. The van der Waals surface area contributed by atoms with E-state index in [0.29, 0.717) is 16.4 Å². The fourth-order valence-corrected chi connectivity index (χ4v) is 5.17. The SMILES string of the molecule is COc1ccc(/C=C2/SC(=O)N(CCNC(=O)CN3c4ccccc4CCC3C)C2=O)cc1OC. The molecular formula is C26H29N3O5S. The lowest BCUT2D eigenvalue weighted by Crippen LogP contribution is -2.46. The zero-order valence-electron chi connectivity index (χ0n) is 20.1. The van der Waals surface area contributed by atoms with E-state index >= 15 is 0 Å². The summed E-state index contributed by atoms with van der Waals surface area (Å²) in [5.41, 5.74) is 3.06. The number of nitrogens with one attached hydrogen (secondary N) is 1. The average Bonchev–Trinajstić information content (AvgIpc) is 3.13. The highest BCUT2D eigenvalue weighted by Gasteiger charge is 2.35. The third-order valence-corrected chi connectivity index (χ3v) is 7.12. The number of amides is 3. The number of hydrogen-bond donors (Lipinski definition) is 1. The molecule has 2 heterocycles. The number of benzene rings is 2. The molecule has 4 rings (SSSR count). The molecule has 1 saturated heterocycles. The van der Waals surface area contributed by atoms with Crippen molar-refractivity contribution in [3.63, 3.8) is 0 Å². The molecule has 2 aliphatic rings. The van der Waals surface area contributed by atoms with E-state index in [4.69, 9.17) is 9.47 Å². The largest absolute Gasteiger partial charge is 0.493 e. The van der Waals surface area contributed by atoms with Gasteiger partial charge in [-0.1, -0.05) is 24.3 Å². The second-order valence-electron chi connectivity index (χ2n) is 8.44. The number of fused-ring (bicyclic) bond motifs is 1. The molecule has 184 valence electrons. The standard InChI is InChI=1S/C26H29N3O5S/c1-17-8-10-19-6-4-5-7-20(19)29(17)16-24(30)27-12-13-28-25(31)23(35-26(28)32)15-18-9-11-21(33-2)22(14-18)34-3/h4-7,9,11,14-15,17H,8,10,12-13,16H2,1-3H3,(H,27,30)/b23-15+. The van der Waals surface area contributed by atoms with Crippen LogP contribution in [0.25, 0.3) is 6.08 Å². The summed E-state index contributed by atoms with van der Waals surface area (Å²) in [6, 6.07) is 13.7. The molecule has 0 spiro atoms. The summed E-state index contributed by atoms with van der Waals surface area (Å²) >= 11 is 0.885. The van der Waals surface area contributed by atoms with Crippen molar-refractivity contribution in [3.05, 3.63) is 58.5 Å². The topological polar surface area (TPSA) is 88.2 Å². The Labute approximate surface area is 209 Å². The van der Waals surface area contributed by atoms with Crippen LogP contribution in [0, 0.1) is 0 Å². The van der Waals surface area contributed by atoms with E-state index in [1.807, 2.05) is 18.2 Å². The number of hydrogen-bond acceptors (Lipinski definition) is 7. The molecule has 2 aromatic carbocycles. The van der Waals surface area contributed by atoms with Gasteiger partial charge >= 0.3 is 0 Å². The molecule has 35 heavy (non-hydrogen) atoms. The number of thioether (sulfide) groups is 1. The molecule has 8 nitrogen and oxygen atoms in total. The molecule has 0 aromatic heterocycles. The molecule has 0 bridgehead atoms. The maximum atomic E-state index is 12.8. The van der Waals surface area contributed by atoms with Crippen LogP contribution < -0.4 is 19.7 Å². The Bertz CT molecular complexity index is 1170. The Balaban J connectivity index is 1.33. The van der Waals surface area contributed by atoms with E-state index in [-0.39, 0.29) is 42.7 Å². The molecule has 1 unspecified atom stereocenters. The second kappa shape index (κ2) is 10.9. The Hall–Kier alpha value is -3.46. The van der Waals surface area contributed by atoms with Gasteiger partial charge in [0.05, 0.1) is 25.7 Å². The molecule has 2 aliphatic heterocycles. The van der Waals surface area contributed by atoms with Gasteiger partial charge in [0.25, 0.3) is 11.1 Å². The molecule has 2 aromatic rings. The van der Waals surface area contributed by atoms with Gasteiger partial charge in [-0.15, -0.1) is 0 Å². The van der Waals surface area contributed by atoms with Crippen molar-refractivity contribution in [3.8, 4) is 11.5 Å². The minimum atomic E-state index is -0.373. The van der Waals surface area contributed by atoms with Crippen LogP contribution in [0.4, 0.5) is 10.5 Å². The first-order valence-corrected chi connectivity index (χ1v) is 12.3. The molecule has 1 N–H and O–H groups in total. The number of nitrogens with zero attached hydrogens (tertiary/aromatic N) is 2. The van der Waals surface area contributed by atoms with Crippen molar-refractivity contribution in [2.45, 2.75) is 25.8 Å². The predicted octanol–water partition coefficient (Wildman–Crippen LogP) is 3.70. The monoisotopic (exact) mass is 495 g/mol. The third kappa shape index (κ3) is 5.45. The van der Waals surface area contributed by atoms with E-state index in [9.17, 15) is 14.4 Å². The fourth-order valence-electron chi connectivity index (χ4n) is 4.31. The molecule has 0 radical (unpaired) electrons. The number of para-hydroxylation sites is 1. The summed E-state index contributed by atoms with van der Waals surface area (Å²) in [6.45, 7) is 2.67.